The Morgan fingerprint density at radius 1 is 1.12 bits per heavy atom. The summed E-state index contributed by atoms with van der Waals surface area (Å²) in [4.78, 5) is 0. The molecule has 0 aliphatic heterocycles. The smallest absolute Gasteiger partial charge is 0.0613 e. The van der Waals surface area contributed by atoms with Gasteiger partial charge in [-0.05, 0) is 44.4 Å². The van der Waals surface area contributed by atoms with E-state index in [1.165, 1.54) is 57.8 Å². The predicted octanol–water partition coefficient (Wildman–Crippen LogP) is 2.85. The lowest BCUT2D eigenvalue weighted by atomic mass is 9.75. The van der Waals surface area contributed by atoms with Crippen LogP contribution in [0.25, 0.3) is 0 Å². The van der Waals surface area contributed by atoms with E-state index in [-0.39, 0.29) is 5.54 Å². The minimum atomic E-state index is 0.0701. The molecule has 2 N–H and O–H groups in total. The van der Waals surface area contributed by atoms with Gasteiger partial charge in [0, 0.05) is 11.6 Å². The van der Waals surface area contributed by atoms with E-state index in [1.54, 1.807) is 0 Å². The summed E-state index contributed by atoms with van der Waals surface area (Å²) in [6, 6.07) is 0.685. The molecule has 94 valence electrons. The number of rotatable bonds is 4. The Labute approximate surface area is 99.8 Å². The highest BCUT2D eigenvalue weighted by Crippen LogP contribution is 2.35. The van der Waals surface area contributed by atoms with E-state index in [4.69, 9.17) is 0 Å². The minimum absolute atomic E-state index is 0.0701. The highest BCUT2D eigenvalue weighted by molar-refractivity contribution is 4.95. The van der Waals surface area contributed by atoms with Crippen LogP contribution in [0.4, 0.5) is 0 Å². The summed E-state index contributed by atoms with van der Waals surface area (Å²) in [5, 5.41) is 13.5. The van der Waals surface area contributed by atoms with E-state index in [2.05, 4.69) is 12.2 Å². The first-order valence-corrected chi connectivity index (χ1v) is 7.16. The molecule has 0 radical (unpaired) electrons. The number of hydrogen-bond acceptors (Lipinski definition) is 2. The van der Waals surface area contributed by atoms with Crippen LogP contribution in [-0.2, 0) is 0 Å². The summed E-state index contributed by atoms with van der Waals surface area (Å²) in [7, 11) is 0. The normalized spacial score (nSPS) is 36.8. The zero-order chi connectivity index (χ0) is 11.4. The van der Waals surface area contributed by atoms with Gasteiger partial charge in [0.2, 0.25) is 0 Å². The Balaban J connectivity index is 1.87. The molecule has 2 rings (SSSR count). The van der Waals surface area contributed by atoms with Crippen molar-refractivity contribution in [2.45, 2.75) is 76.3 Å². The maximum absolute atomic E-state index is 9.70. The molecule has 0 spiro atoms. The van der Waals surface area contributed by atoms with Crippen molar-refractivity contribution in [1.29, 1.82) is 0 Å². The maximum atomic E-state index is 9.70. The van der Waals surface area contributed by atoms with Gasteiger partial charge in [0.25, 0.3) is 0 Å². The summed E-state index contributed by atoms with van der Waals surface area (Å²) in [6.07, 6.45) is 11.7. The fourth-order valence-corrected chi connectivity index (χ4v) is 3.49. The van der Waals surface area contributed by atoms with Gasteiger partial charge < -0.3 is 10.4 Å². The molecule has 0 unspecified atom stereocenters. The van der Waals surface area contributed by atoms with Crippen LogP contribution in [0.1, 0.15) is 64.7 Å². The molecule has 2 nitrogen and oxygen atoms in total. The van der Waals surface area contributed by atoms with E-state index in [9.17, 15) is 5.11 Å². The molecule has 0 bridgehead atoms. The molecule has 0 heterocycles. The zero-order valence-electron chi connectivity index (χ0n) is 10.7. The van der Waals surface area contributed by atoms with Crippen molar-refractivity contribution in [3.8, 4) is 0 Å². The molecular formula is C14H27NO. The lowest BCUT2D eigenvalue weighted by molar-refractivity contribution is 0.0906. The SMILES string of the molecule is CCC1CCC(CO)(NC2CCCC2)CC1. The first kappa shape index (κ1) is 12.4. The first-order chi connectivity index (χ1) is 7.78. The largest absolute Gasteiger partial charge is 0.394 e. The van der Waals surface area contributed by atoms with E-state index >= 15 is 0 Å². The maximum Gasteiger partial charge on any atom is 0.0613 e. The van der Waals surface area contributed by atoms with Crippen LogP contribution in [0.5, 0.6) is 0 Å². The van der Waals surface area contributed by atoms with Crippen LogP contribution in [-0.4, -0.2) is 23.3 Å². The lowest BCUT2D eigenvalue weighted by Crippen LogP contribution is -2.54. The van der Waals surface area contributed by atoms with Crippen LogP contribution < -0.4 is 5.32 Å². The summed E-state index contributed by atoms with van der Waals surface area (Å²) in [5.74, 6) is 0.907. The van der Waals surface area contributed by atoms with Gasteiger partial charge in [-0.15, -0.1) is 0 Å². The van der Waals surface area contributed by atoms with Crippen molar-refractivity contribution in [1.82, 2.24) is 5.32 Å². The van der Waals surface area contributed by atoms with E-state index in [1.807, 2.05) is 0 Å². The summed E-state index contributed by atoms with van der Waals surface area (Å²) >= 11 is 0. The van der Waals surface area contributed by atoms with E-state index in [0.717, 1.165) is 5.92 Å². The Morgan fingerprint density at radius 2 is 1.75 bits per heavy atom. The van der Waals surface area contributed by atoms with Crippen molar-refractivity contribution in [2.75, 3.05) is 6.61 Å². The molecule has 2 heteroatoms. The third-order valence-corrected chi connectivity index (χ3v) is 4.81. The molecule has 0 saturated heterocycles. The van der Waals surface area contributed by atoms with Gasteiger partial charge in [-0.2, -0.15) is 0 Å². The molecule has 0 aromatic carbocycles. The molecular weight excluding hydrogens is 198 g/mol. The average Bonchev–Trinajstić information content (AvgIpc) is 2.83. The summed E-state index contributed by atoms with van der Waals surface area (Å²) < 4.78 is 0. The molecule has 0 aromatic rings. The van der Waals surface area contributed by atoms with Crippen molar-refractivity contribution in [3.05, 3.63) is 0 Å². The molecule has 16 heavy (non-hydrogen) atoms. The van der Waals surface area contributed by atoms with E-state index in [0.29, 0.717) is 12.6 Å². The standard InChI is InChI=1S/C14H27NO/c1-2-12-7-9-14(11-16,10-8-12)15-13-5-3-4-6-13/h12-13,15-16H,2-11H2,1H3. The Kier molecular flexibility index (Phi) is 4.26. The summed E-state index contributed by atoms with van der Waals surface area (Å²) in [6.45, 7) is 2.63. The van der Waals surface area contributed by atoms with Crippen molar-refractivity contribution in [2.24, 2.45) is 5.92 Å². The van der Waals surface area contributed by atoms with E-state index < -0.39 is 0 Å². The van der Waals surface area contributed by atoms with Gasteiger partial charge in [0.1, 0.15) is 0 Å². The fourth-order valence-electron chi connectivity index (χ4n) is 3.49. The number of nitrogens with one attached hydrogen (secondary N) is 1. The van der Waals surface area contributed by atoms with Crippen LogP contribution in [0.15, 0.2) is 0 Å². The van der Waals surface area contributed by atoms with Crippen molar-refractivity contribution >= 4 is 0 Å². The van der Waals surface area contributed by atoms with Crippen molar-refractivity contribution in [3.63, 3.8) is 0 Å². The highest BCUT2D eigenvalue weighted by atomic mass is 16.3. The van der Waals surface area contributed by atoms with Gasteiger partial charge in [0.15, 0.2) is 0 Å². The topological polar surface area (TPSA) is 32.3 Å². The second kappa shape index (κ2) is 5.50. The zero-order valence-corrected chi connectivity index (χ0v) is 10.7. The molecule has 0 aromatic heterocycles. The number of aliphatic hydroxyl groups is 1. The fraction of sp³-hybridized carbons (Fsp3) is 1.00. The second-order valence-corrected chi connectivity index (χ2v) is 5.92. The quantitative estimate of drug-likeness (QED) is 0.771. The lowest BCUT2D eigenvalue weighted by Gasteiger charge is -2.41. The third kappa shape index (κ3) is 2.78. The van der Waals surface area contributed by atoms with Crippen molar-refractivity contribution < 1.29 is 5.11 Å². The second-order valence-electron chi connectivity index (χ2n) is 5.92. The van der Waals surface area contributed by atoms with Crippen LogP contribution >= 0.6 is 0 Å². The number of hydrogen-bond donors (Lipinski definition) is 2. The van der Waals surface area contributed by atoms with Gasteiger partial charge in [0.05, 0.1) is 6.61 Å². The molecule has 2 aliphatic rings. The molecule has 0 amide bonds. The molecule has 2 fully saturated rings. The highest BCUT2D eigenvalue weighted by Gasteiger charge is 2.36. The summed E-state index contributed by atoms with van der Waals surface area (Å²) in [5.41, 5.74) is 0.0701. The van der Waals surface area contributed by atoms with Gasteiger partial charge >= 0.3 is 0 Å². The Hall–Kier alpha value is -0.0800. The van der Waals surface area contributed by atoms with Crippen LogP contribution in [0.3, 0.4) is 0 Å². The van der Waals surface area contributed by atoms with Gasteiger partial charge in [-0.25, -0.2) is 0 Å². The Bertz CT molecular complexity index is 203. The Morgan fingerprint density at radius 3 is 2.25 bits per heavy atom. The molecule has 0 atom stereocenters. The van der Waals surface area contributed by atoms with Gasteiger partial charge in [-0.1, -0.05) is 26.2 Å². The van der Waals surface area contributed by atoms with Crippen LogP contribution in [0, 0.1) is 5.92 Å². The predicted molar refractivity (Wildman–Crippen MR) is 67.5 cm³/mol. The third-order valence-electron chi connectivity index (χ3n) is 4.81. The molecule has 2 aliphatic carbocycles. The molecule has 2 saturated carbocycles. The first-order valence-electron chi connectivity index (χ1n) is 7.16. The number of aliphatic hydroxyl groups excluding tert-OH is 1. The average molecular weight is 225 g/mol. The monoisotopic (exact) mass is 225 g/mol. The van der Waals surface area contributed by atoms with Gasteiger partial charge in [-0.3, -0.25) is 0 Å². The minimum Gasteiger partial charge on any atom is -0.394 e. The van der Waals surface area contributed by atoms with Crippen LogP contribution in [0.2, 0.25) is 0 Å².